The highest BCUT2D eigenvalue weighted by Crippen LogP contribution is 1.97. The molecule has 0 saturated carbocycles. The summed E-state index contributed by atoms with van der Waals surface area (Å²) in [6.45, 7) is 3.56. The second-order valence-electron chi connectivity index (χ2n) is 2.45. The number of rotatable bonds is 4. The van der Waals surface area contributed by atoms with Crippen molar-refractivity contribution in [1.82, 2.24) is 0 Å². The fourth-order valence-corrected chi connectivity index (χ4v) is 0.512. The summed E-state index contributed by atoms with van der Waals surface area (Å²) < 4.78 is 13.5. The van der Waals surface area contributed by atoms with Gasteiger partial charge in [0.05, 0.1) is 6.61 Å². The Labute approximate surface area is 82.6 Å². The van der Waals surface area contributed by atoms with Crippen LogP contribution >= 0.6 is 0 Å². The third-order valence-corrected chi connectivity index (χ3v) is 1.44. The average Bonchev–Trinajstić information content (AvgIpc) is 2.16. The van der Waals surface area contributed by atoms with Gasteiger partial charge in [0.25, 0.3) is 0 Å². The van der Waals surface area contributed by atoms with E-state index in [4.69, 9.17) is 0 Å². The van der Waals surface area contributed by atoms with Crippen molar-refractivity contribution in [3.05, 3.63) is 11.6 Å². The Morgan fingerprint density at radius 1 is 1.29 bits per heavy atom. The van der Waals surface area contributed by atoms with E-state index in [-0.39, 0.29) is 13.2 Å². The van der Waals surface area contributed by atoms with Gasteiger partial charge in [0.15, 0.2) is 0 Å². The van der Waals surface area contributed by atoms with E-state index in [0.717, 1.165) is 0 Å². The lowest BCUT2D eigenvalue weighted by Gasteiger charge is -2.03. The Morgan fingerprint density at radius 3 is 2.43 bits per heavy atom. The van der Waals surface area contributed by atoms with Crippen LogP contribution in [0, 0.1) is 0 Å². The Kier molecular flexibility index (Phi) is 6.39. The molecule has 0 atom stereocenters. The van der Waals surface area contributed by atoms with Crippen LogP contribution in [-0.2, 0) is 19.0 Å². The van der Waals surface area contributed by atoms with Crippen LogP contribution in [0.25, 0.3) is 0 Å². The summed E-state index contributed by atoms with van der Waals surface area (Å²) in [6.07, 6.45) is 0.540. The van der Waals surface area contributed by atoms with Crippen molar-refractivity contribution in [2.45, 2.75) is 13.8 Å². The second-order valence-corrected chi connectivity index (χ2v) is 2.45. The van der Waals surface area contributed by atoms with E-state index < -0.39 is 12.1 Å². The van der Waals surface area contributed by atoms with Crippen LogP contribution in [0.4, 0.5) is 4.79 Å². The Morgan fingerprint density at radius 2 is 1.93 bits per heavy atom. The molecule has 5 nitrogen and oxygen atoms in total. The fourth-order valence-electron chi connectivity index (χ4n) is 0.512. The predicted molar refractivity (Wildman–Crippen MR) is 48.7 cm³/mol. The van der Waals surface area contributed by atoms with Gasteiger partial charge in [-0.25, -0.2) is 9.59 Å². The molecule has 0 aromatic rings. The average molecular weight is 202 g/mol. The normalized spacial score (nSPS) is 10.9. The summed E-state index contributed by atoms with van der Waals surface area (Å²) in [5.41, 5.74) is 0.355. The third kappa shape index (κ3) is 5.31. The molecule has 0 N–H and O–H groups in total. The van der Waals surface area contributed by atoms with E-state index in [0.29, 0.717) is 5.57 Å². The van der Waals surface area contributed by atoms with E-state index in [1.54, 1.807) is 19.9 Å². The first-order chi connectivity index (χ1) is 6.61. The molecule has 5 heteroatoms. The quantitative estimate of drug-likeness (QED) is 0.297. The van der Waals surface area contributed by atoms with Crippen molar-refractivity contribution in [3.8, 4) is 0 Å². The largest absolute Gasteiger partial charge is 0.516 e. The highest BCUT2D eigenvalue weighted by atomic mass is 16.7. The third-order valence-electron chi connectivity index (χ3n) is 1.44. The molecule has 0 saturated heterocycles. The standard InChI is InChI=1S/C9H14O5/c1-4-7(2)8(10)14-9(11)13-6-5-12-3/h4H,5-6H2,1-3H3. The summed E-state index contributed by atoms with van der Waals surface area (Å²) in [4.78, 5) is 21.8. The summed E-state index contributed by atoms with van der Waals surface area (Å²) in [7, 11) is 1.48. The van der Waals surface area contributed by atoms with Crippen molar-refractivity contribution in [3.63, 3.8) is 0 Å². The molecule has 0 aliphatic carbocycles. The van der Waals surface area contributed by atoms with Crippen LogP contribution in [0.3, 0.4) is 0 Å². The molecule has 0 bridgehead atoms. The summed E-state index contributed by atoms with van der Waals surface area (Å²) >= 11 is 0. The van der Waals surface area contributed by atoms with Gasteiger partial charge in [-0.15, -0.1) is 0 Å². The minimum Gasteiger partial charge on any atom is -0.431 e. The van der Waals surface area contributed by atoms with Crippen LogP contribution in [0.5, 0.6) is 0 Å². The topological polar surface area (TPSA) is 61.8 Å². The Bertz CT molecular complexity index is 231. The highest BCUT2D eigenvalue weighted by Gasteiger charge is 2.12. The lowest BCUT2D eigenvalue weighted by Crippen LogP contribution is -2.16. The summed E-state index contributed by atoms with van der Waals surface area (Å²) in [5, 5.41) is 0. The summed E-state index contributed by atoms with van der Waals surface area (Å²) in [5.74, 6) is -0.699. The zero-order valence-electron chi connectivity index (χ0n) is 8.53. The second kappa shape index (κ2) is 7.08. The number of esters is 1. The van der Waals surface area contributed by atoms with Gasteiger partial charge in [-0.3, -0.25) is 0 Å². The maximum atomic E-state index is 11.0. The van der Waals surface area contributed by atoms with Gasteiger partial charge in [-0.1, -0.05) is 6.08 Å². The van der Waals surface area contributed by atoms with Crippen LogP contribution in [-0.4, -0.2) is 32.4 Å². The molecule has 0 aliphatic rings. The molecule has 14 heavy (non-hydrogen) atoms. The SMILES string of the molecule is CC=C(C)C(=O)OC(=O)OCCOC. The lowest BCUT2D eigenvalue weighted by atomic mass is 10.3. The predicted octanol–water partition coefficient (Wildman–Crippen LogP) is 1.28. The Balaban J connectivity index is 3.78. The van der Waals surface area contributed by atoms with Gasteiger partial charge < -0.3 is 14.2 Å². The molecule has 0 aromatic heterocycles. The molecule has 80 valence electrons. The maximum Gasteiger partial charge on any atom is 0.516 e. The molecule has 0 unspecified atom stereocenters. The number of hydrogen-bond acceptors (Lipinski definition) is 5. The van der Waals surface area contributed by atoms with E-state index in [1.165, 1.54) is 7.11 Å². The molecule has 0 heterocycles. The van der Waals surface area contributed by atoms with E-state index in [2.05, 4.69) is 14.2 Å². The van der Waals surface area contributed by atoms with Crippen molar-refractivity contribution in [1.29, 1.82) is 0 Å². The van der Waals surface area contributed by atoms with Crippen LogP contribution < -0.4 is 0 Å². The number of methoxy groups -OCH3 is 1. The van der Waals surface area contributed by atoms with Gasteiger partial charge >= 0.3 is 12.1 Å². The van der Waals surface area contributed by atoms with E-state index >= 15 is 0 Å². The van der Waals surface area contributed by atoms with Crippen LogP contribution in [0.1, 0.15) is 13.8 Å². The van der Waals surface area contributed by atoms with Gasteiger partial charge in [0, 0.05) is 12.7 Å². The zero-order valence-corrected chi connectivity index (χ0v) is 8.53. The molecule has 0 aromatic carbocycles. The van der Waals surface area contributed by atoms with Crippen molar-refractivity contribution in [2.75, 3.05) is 20.3 Å². The smallest absolute Gasteiger partial charge is 0.431 e. The molecule has 0 rings (SSSR count). The summed E-state index contributed by atoms with van der Waals surface area (Å²) in [6, 6.07) is 0. The lowest BCUT2D eigenvalue weighted by molar-refractivity contribution is -0.135. The molecule has 0 amide bonds. The van der Waals surface area contributed by atoms with Gasteiger partial charge in [-0.05, 0) is 13.8 Å². The van der Waals surface area contributed by atoms with Gasteiger partial charge in [0.1, 0.15) is 6.61 Å². The van der Waals surface area contributed by atoms with Crippen LogP contribution in [0.2, 0.25) is 0 Å². The molecule has 0 fully saturated rings. The molecule has 0 spiro atoms. The first-order valence-electron chi connectivity index (χ1n) is 4.12. The van der Waals surface area contributed by atoms with E-state index in [9.17, 15) is 9.59 Å². The monoisotopic (exact) mass is 202 g/mol. The van der Waals surface area contributed by atoms with Gasteiger partial charge in [-0.2, -0.15) is 0 Å². The van der Waals surface area contributed by atoms with Gasteiger partial charge in [0.2, 0.25) is 0 Å². The molecular weight excluding hydrogens is 188 g/mol. The Hall–Kier alpha value is -1.36. The number of ether oxygens (including phenoxy) is 3. The number of hydrogen-bond donors (Lipinski definition) is 0. The number of carbonyl (C=O) groups excluding carboxylic acids is 2. The van der Waals surface area contributed by atoms with Crippen molar-refractivity contribution in [2.24, 2.45) is 0 Å². The van der Waals surface area contributed by atoms with E-state index in [1.807, 2.05) is 0 Å². The zero-order chi connectivity index (χ0) is 11.0. The first kappa shape index (κ1) is 12.6. The number of carbonyl (C=O) groups is 2. The van der Waals surface area contributed by atoms with Crippen molar-refractivity contribution >= 4 is 12.1 Å². The molecular formula is C9H14O5. The number of allylic oxidation sites excluding steroid dienone is 1. The minimum atomic E-state index is -1.01. The fraction of sp³-hybridized carbons (Fsp3) is 0.556. The van der Waals surface area contributed by atoms with Crippen molar-refractivity contribution < 1.29 is 23.8 Å². The minimum absolute atomic E-state index is 0.0670. The maximum absolute atomic E-state index is 11.0. The first-order valence-corrected chi connectivity index (χ1v) is 4.12. The van der Waals surface area contributed by atoms with Crippen LogP contribution in [0.15, 0.2) is 11.6 Å². The highest BCUT2D eigenvalue weighted by molar-refractivity contribution is 5.93. The molecule has 0 radical (unpaired) electrons. The molecule has 0 aliphatic heterocycles.